The topological polar surface area (TPSA) is 41.6 Å². The lowest BCUT2D eigenvalue weighted by Crippen LogP contribution is -2.48. The van der Waals surface area contributed by atoms with E-state index in [1.807, 2.05) is 0 Å². The van der Waals surface area contributed by atoms with E-state index in [1.54, 1.807) is 4.90 Å². The van der Waals surface area contributed by atoms with Crippen LogP contribution in [0.25, 0.3) is 0 Å². The summed E-state index contributed by atoms with van der Waals surface area (Å²) >= 11 is 0. The van der Waals surface area contributed by atoms with E-state index < -0.39 is 23.8 Å². The molecular weight excluding hydrogens is 309 g/mol. The first-order chi connectivity index (χ1) is 11.0. The van der Waals surface area contributed by atoms with Gasteiger partial charge in [-0.2, -0.15) is 0 Å². The molecule has 1 amide bonds. The summed E-state index contributed by atoms with van der Waals surface area (Å²) in [6, 6.07) is 2.76. The highest BCUT2D eigenvalue weighted by molar-refractivity contribution is 5.82. The molecule has 3 rings (SSSR count). The number of benzene rings is 1. The van der Waals surface area contributed by atoms with E-state index in [4.69, 9.17) is 4.74 Å². The van der Waals surface area contributed by atoms with E-state index >= 15 is 0 Å². The van der Waals surface area contributed by atoms with Crippen molar-refractivity contribution in [3.05, 3.63) is 29.8 Å². The van der Waals surface area contributed by atoms with Crippen LogP contribution in [0.5, 0.6) is 5.75 Å². The minimum absolute atomic E-state index is 0.0221. The molecular formula is C16H19F3N2O2. The second-order valence-corrected chi connectivity index (χ2v) is 6.01. The van der Waals surface area contributed by atoms with Gasteiger partial charge in [-0.05, 0) is 12.1 Å². The molecule has 1 N–H and O–H groups in total. The highest BCUT2D eigenvalue weighted by atomic mass is 19.1. The highest BCUT2D eigenvalue weighted by Crippen LogP contribution is 2.23. The van der Waals surface area contributed by atoms with E-state index in [1.165, 1.54) is 6.07 Å². The Labute approximate surface area is 132 Å². The van der Waals surface area contributed by atoms with Crippen molar-refractivity contribution in [2.45, 2.75) is 37.6 Å². The zero-order valence-corrected chi connectivity index (χ0v) is 12.6. The Bertz CT molecular complexity index is 576. The van der Waals surface area contributed by atoms with Gasteiger partial charge in [0, 0.05) is 45.0 Å². The zero-order valence-electron chi connectivity index (χ0n) is 12.6. The van der Waals surface area contributed by atoms with Crippen molar-refractivity contribution in [3.63, 3.8) is 0 Å². The summed E-state index contributed by atoms with van der Waals surface area (Å²) in [4.78, 5) is 13.9. The molecule has 0 radical (unpaired) electrons. The minimum Gasteiger partial charge on any atom is -0.487 e. The maximum atomic E-state index is 13.6. The molecule has 23 heavy (non-hydrogen) atoms. The van der Waals surface area contributed by atoms with Gasteiger partial charge >= 0.3 is 0 Å². The second-order valence-electron chi connectivity index (χ2n) is 6.01. The number of carbonyl (C=O) groups excluding carboxylic acids is 1. The summed E-state index contributed by atoms with van der Waals surface area (Å²) in [5.74, 6) is -1.44. The third kappa shape index (κ3) is 3.77. The molecule has 2 fully saturated rings. The van der Waals surface area contributed by atoms with Gasteiger partial charge in [-0.25, -0.2) is 13.2 Å². The number of carbonyl (C=O) groups is 1. The number of nitrogens with one attached hydrogen (secondary N) is 1. The fraction of sp³-hybridized carbons (Fsp3) is 0.562. The Hall–Kier alpha value is -1.76. The second kappa shape index (κ2) is 6.78. The number of amides is 1. The lowest BCUT2D eigenvalue weighted by atomic mass is 10.1. The van der Waals surface area contributed by atoms with Crippen LogP contribution in [0.2, 0.25) is 0 Å². The van der Waals surface area contributed by atoms with Gasteiger partial charge in [0.05, 0.1) is 6.04 Å². The smallest absolute Gasteiger partial charge is 0.239 e. The molecule has 0 saturated carbocycles. The van der Waals surface area contributed by atoms with E-state index in [-0.39, 0.29) is 30.7 Å². The van der Waals surface area contributed by atoms with E-state index in [0.29, 0.717) is 25.9 Å². The fourth-order valence-corrected chi connectivity index (χ4v) is 3.05. The van der Waals surface area contributed by atoms with Crippen LogP contribution in [0.4, 0.5) is 13.2 Å². The van der Waals surface area contributed by atoms with Crippen LogP contribution in [0.3, 0.4) is 0 Å². The summed E-state index contributed by atoms with van der Waals surface area (Å²) in [5.41, 5.74) is 0. The molecule has 2 aliphatic heterocycles. The van der Waals surface area contributed by atoms with Gasteiger partial charge in [0.1, 0.15) is 18.1 Å². The van der Waals surface area contributed by atoms with Crippen LogP contribution < -0.4 is 10.1 Å². The van der Waals surface area contributed by atoms with Crippen molar-refractivity contribution >= 4 is 5.91 Å². The van der Waals surface area contributed by atoms with Crippen LogP contribution >= 0.6 is 0 Å². The maximum Gasteiger partial charge on any atom is 0.239 e. The average Bonchev–Trinajstić information content (AvgIpc) is 2.97. The molecule has 0 aromatic heterocycles. The number of halogens is 3. The molecule has 126 valence electrons. The van der Waals surface area contributed by atoms with E-state index in [9.17, 15) is 18.0 Å². The molecule has 0 aliphatic carbocycles. The molecule has 0 spiro atoms. The SMILES string of the molecule is O=C([C@H]1C[C@H](F)CN1)N1CCC(Oc2ccc(F)cc2F)CC1. The summed E-state index contributed by atoms with van der Waals surface area (Å²) in [6.45, 7) is 1.20. The number of alkyl halides is 1. The highest BCUT2D eigenvalue weighted by Gasteiger charge is 2.34. The van der Waals surface area contributed by atoms with Crippen LogP contribution in [0, 0.1) is 11.6 Å². The maximum absolute atomic E-state index is 13.6. The van der Waals surface area contributed by atoms with Gasteiger partial charge in [-0.3, -0.25) is 4.79 Å². The van der Waals surface area contributed by atoms with Gasteiger partial charge < -0.3 is 15.0 Å². The minimum atomic E-state index is -0.966. The summed E-state index contributed by atoms with van der Waals surface area (Å²) in [5, 5.41) is 2.88. The first kappa shape index (κ1) is 16.1. The number of rotatable bonds is 3. The Morgan fingerprint density at radius 2 is 2.00 bits per heavy atom. The molecule has 1 aromatic rings. The van der Waals surface area contributed by atoms with Gasteiger partial charge in [0.15, 0.2) is 11.6 Å². The monoisotopic (exact) mass is 328 g/mol. The van der Waals surface area contributed by atoms with E-state index in [2.05, 4.69) is 5.32 Å². The first-order valence-corrected chi connectivity index (χ1v) is 7.81. The standard InChI is InChI=1S/C16H19F3N2O2/c17-10-1-2-15(13(19)7-10)23-12-3-5-21(6-4-12)16(22)14-8-11(18)9-20-14/h1-2,7,11-12,14,20H,3-6,8-9H2/t11-,14+/m0/s1. The van der Waals surface area contributed by atoms with Crippen LogP contribution in [-0.2, 0) is 4.79 Å². The number of likely N-dealkylation sites (tertiary alicyclic amines) is 1. The summed E-state index contributed by atoms with van der Waals surface area (Å²) in [7, 11) is 0. The quantitative estimate of drug-likeness (QED) is 0.923. The predicted octanol–water partition coefficient (Wildman–Crippen LogP) is 2.03. The number of ether oxygens (including phenoxy) is 1. The molecule has 1 aromatic carbocycles. The normalized spacial score (nSPS) is 25.6. The third-order valence-corrected chi connectivity index (χ3v) is 4.32. The third-order valence-electron chi connectivity index (χ3n) is 4.32. The van der Waals surface area contributed by atoms with Crippen molar-refractivity contribution in [1.82, 2.24) is 10.2 Å². The number of nitrogens with zero attached hydrogens (tertiary/aromatic N) is 1. The molecule has 0 bridgehead atoms. The first-order valence-electron chi connectivity index (χ1n) is 7.81. The summed E-state index contributed by atoms with van der Waals surface area (Å²) < 4.78 is 45.2. The number of hydrogen-bond acceptors (Lipinski definition) is 3. The molecule has 2 atom stereocenters. The fourth-order valence-electron chi connectivity index (χ4n) is 3.05. The predicted molar refractivity (Wildman–Crippen MR) is 77.9 cm³/mol. The van der Waals surface area contributed by atoms with Gasteiger partial charge in [-0.1, -0.05) is 0 Å². The molecule has 2 heterocycles. The van der Waals surface area contributed by atoms with Crippen molar-refractivity contribution in [2.75, 3.05) is 19.6 Å². The van der Waals surface area contributed by atoms with Gasteiger partial charge in [-0.15, -0.1) is 0 Å². The largest absolute Gasteiger partial charge is 0.487 e. The zero-order chi connectivity index (χ0) is 16.4. The van der Waals surface area contributed by atoms with Gasteiger partial charge in [0.25, 0.3) is 0 Å². The van der Waals surface area contributed by atoms with Crippen LogP contribution in [0.1, 0.15) is 19.3 Å². The van der Waals surface area contributed by atoms with Crippen molar-refractivity contribution < 1.29 is 22.7 Å². The summed E-state index contributed by atoms with van der Waals surface area (Å²) in [6.07, 6.45) is 0.161. The number of hydrogen-bond donors (Lipinski definition) is 1. The Morgan fingerprint density at radius 3 is 2.61 bits per heavy atom. The van der Waals surface area contributed by atoms with Crippen molar-refractivity contribution in [2.24, 2.45) is 0 Å². The Balaban J connectivity index is 1.51. The lowest BCUT2D eigenvalue weighted by molar-refractivity contribution is -0.135. The molecule has 4 nitrogen and oxygen atoms in total. The van der Waals surface area contributed by atoms with Crippen molar-refractivity contribution in [3.8, 4) is 5.75 Å². The van der Waals surface area contributed by atoms with Crippen LogP contribution in [-0.4, -0.2) is 48.8 Å². The molecule has 2 aliphatic rings. The Morgan fingerprint density at radius 1 is 1.26 bits per heavy atom. The lowest BCUT2D eigenvalue weighted by Gasteiger charge is -2.33. The van der Waals surface area contributed by atoms with Crippen molar-refractivity contribution in [1.29, 1.82) is 0 Å². The Kier molecular flexibility index (Phi) is 4.75. The number of piperidine rings is 1. The van der Waals surface area contributed by atoms with Crippen LogP contribution in [0.15, 0.2) is 18.2 Å². The molecule has 0 unspecified atom stereocenters. The van der Waals surface area contributed by atoms with Gasteiger partial charge in [0.2, 0.25) is 5.91 Å². The van der Waals surface area contributed by atoms with E-state index in [0.717, 1.165) is 12.1 Å². The average molecular weight is 328 g/mol. The molecule has 7 heteroatoms. The molecule has 2 saturated heterocycles.